The molecule has 0 aliphatic carbocycles. The van der Waals surface area contributed by atoms with Gasteiger partial charge in [0.1, 0.15) is 17.9 Å². The molecule has 0 aromatic heterocycles. The molecule has 1 heterocycles. The number of ether oxygens (including phenoxy) is 1. The summed E-state index contributed by atoms with van der Waals surface area (Å²) >= 11 is 3.42. The molecule has 31 heavy (non-hydrogen) atoms. The number of hydrogen-bond acceptors (Lipinski definition) is 4. The number of halogens is 1. The van der Waals surface area contributed by atoms with Crippen molar-refractivity contribution in [2.24, 2.45) is 0 Å². The first kappa shape index (κ1) is 20.8. The molecule has 0 radical (unpaired) electrons. The van der Waals surface area contributed by atoms with E-state index in [-0.39, 0.29) is 5.57 Å². The minimum absolute atomic E-state index is 0.0993. The maximum Gasteiger partial charge on any atom is 0.333 e. The summed E-state index contributed by atoms with van der Waals surface area (Å²) < 4.78 is 6.86. The summed E-state index contributed by atoms with van der Waals surface area (Å²) in [5, 5.41) is 2.22. The molecule has 6 nitrogen and oxygen atoms in total. The topological polar surface area (TPSA) is 66.9 Å². The molecule has 0 unspecified atom stereocenters. The van der Waals surface area contributed by atoms with Gasteiger partial charge in [0.15, 0.2) is 0 Å². The van der Waals surface area contributed by atoms with Crippen molar-refractivity contribution in [2.45, 2.75) is 6.61 Å². The lowest BCUT2D eigenvalue weighted by molar-refractivity contribution is -0.134. The molecule has 0 N–H and O–H groups in total. The highest BCUT2D eigenvalue weighted by atomic mass is 79.9. The molecule has 0 spiro atoms. The van der Waals surface area contributed by atoms with Gasteiger partial charge in [-0.3, -0.25) is 19.4 Å². The standard InChI is InChI=1S/C24H19BrN2O4/c1-26-22(28)20(23(29)27(2)24(26)30)13-17-12-18(25)10-11-21(17)31-14-16-8-5-7-15-6-3-4-9-19(15)16/h3-13H,14H2,1-2H3. The lowest BCUT2D eigenvalue weighted by atomic mass is 10.0. The molecular formula is C24H19BrN2O4. The van der Waals surface area contributed by atoms with Crippen LogP contribution in [0, 0.1) is 0 Å². The zero-order valence-electron chi connectivity index (χ0n) is 17.0. The fourth-order valence-electron chi connectivity index (χ4n) is 3.47. The van der Waals surface area contributed by atoms with Crippen LogP contribution in [-0.4, -0.2) is 41.7 Å². The van der Waals surface area contributed by atoms with Gasteiger partial charge in [-0.1, -0.05) is 58.4 Å². The molecule has 1 aliphatic rings. The van der Waals surface area contributed by atoms with Crippen LogP contribution >= 0.6 is 15.9 Å². The third-order valence-electron chi connectivity index (χ3n) is 5.18. The predicted octanol–water partition coefficient (Wildman–Crippen LogP) is 4.62. The molecule has 7 heteroatoms. The normalized spacial score (nSPS) is 14.4. The number of carbonyl (C=O) groups is 3. The van der Waals surface area contributed by atoms with Crippen LogP contribution in [0.15, 0.2) is 70.7 Å². The Hall–Kier alpha value is -3.45. The quantitative estimate of drug-likeness (QED) is 0.405. The molecule has 4 rings (SSSR count). The lowest BCUT2D eigenvalue weighted by Gasteiger charge is -2.29. The Balaban J connectivity index is 1.68. The van der Waals surface area contributed by atoms with Gasteiger partial charge in [0.05, 0.1) is 0 Å². The highest BCUT2D eigenvalue weighted by Gasteiger charge is 2.37. The minimum Gasteiger partial charge on any atom is -0.488 e. The summed E-state index contributed by atoms with van der Waals surface area (Å²) in [4.78, 5) is 38.9. The van der Waals surface area contributed by atoms with E-state index in [2.05, 4.69) is 15.9 Å². The smallest absolute Gasteiger partial charge is 0.333 e. The molecule has 0 saturated carbocycles. The fraction of sp³-hybridized carbons (Fsp3) is 0.125. The Morgan fingerprint density at radius 1 is 0.903 bits per heavy atom. The van der Waals surface area contributed by atoms with E-state index >= 15 is 0 Å². The molecule has 0 atom stereocenters. The molecule has 4 amide bonds. The summed E-state index contributed by atoms with van der Waals surface area (Å²) in [5.41, 5.74) is 1.48. The number of imide groups is 2. The second-order valence-electron chi connectivity index (χ2n) is 7.18. The van der Waals surface area contributed by atoms with E-state index in [4.69, 9.17) is 4.74 Å². The molecule has 1 saturated heterocycles. The van der Waals surface area contributed by atoms with Gasteiger partial charge in [0.25, 0.3) is 11.8 Å². The van der Waals surface area contributed by atoms with Gasteiger partial charge < -0.3 is 4.74 Å². The van der Waals surface area contributed by atoms with E-state index < -0.39 is 17.8 Å². The fourth-order valence-corrected chi connectivity index (χ4v) is 3.85. The Bertz CT molecular complexity index is 1220. The average molecular weight is 479 g/mol. The van der Waals surface area contributed by atoms with Gasteiger partial charge in [0, 0.05) is 24.1 Å². The van der Waals surface area contributed by atoms with Crippen molar-refractivity contribution in [1.29, 1.82) is 0 Å². The van der Waals surface area contributed by atoms with Crippen LogP contribution in [0.1, 0.15) is 11.1 Å². The van der Waals surface area contributed by atoms with Gasteiger partial charge in [-0.25, -0.2) is 4.79 Å². The second-order valence-corrected chi connectivity index (χ2v) is 8.09. The number of rotatable bonds is 4. The van der Waals surface area contributed by atoms with Gasteiger partial charge in [-0.2, -0.15) is 0 Å². The van der Waals surface area contributed by atoms with Crippen LogP contribution in [-0.2, 0) is 16.2 Å². The number of amides is 4. The van der Waals surface area contributed by atoms with Crippen LogP contribution in [0.2, 0.25) is 0 Å². The maximum atomic E-state index is 12.6. The van der Waals surface area contributed by atoms with E-state index in [0.717, 1.165) is 30.6 Å². The first-order valence-corrected chi connectivity index (χ1v) is 10.4. The molecule has 3 aromatic carbocycles. The molecule has 1 aliphatic heterocycles. The molecular weight excluding hydrogens is 460 g/mol. The summed E-state index contributed by atoms with van der Waals surface area (Å²) in [7, 11) is 2.70. The average Bonchev–Trinajstić information content (AvgIpc) is 2.78. The van der Waals surface area contributed by atoms with Crippen LogP contribution in [0.4, 0.5) is 4.79 Å². The number of carbonyl (C=O) groups excluding carboxylic acids is 3. The highest BCUT2D eigenvalue weighted by molar-refractivity contribution is 9.10. The van der Waals surface area contributed by atoms with Crippen LogP contribution in [0.5, 0.6) is 5.75 Å². The SMILES string of the molecule is CN1C(=O)C(=Cc2cc(Br)ccc2OCc2cccc3ccccc23)C(=O)N(C)C1=O. The molecule has 3 aromatic rings. The summed E-state index contributed by atoms with van der Waals surface area (Å²) in [5.74, 6) is -0.771. The van der Waals surface area contributed by atoms with Crippen molar-refractivity contribution in [1.82, 2.24) is 9.80 Å². The third kappa shape index (κ3) is 3.96. The van der Waals surface area contributed by atoms with Gasteiger partial charge in [0.2, 0.25) is 0 Å². The van der Waals surface area contributed by atoms with Gasteiger partial charge in [-0.05, 0) is 40.6 Å². The van der Waals surface area contributed by atoms with Crippen molar-refractivity contribution >= 4 is 50.6 Å². The van der Waals surface area contributed by atoms with E-state index in [1.54, 1.807) is 12.1 Å². The molecule has 0 bridgehead atoms. The summed E-state index contributed by atoms with van der Waals surface area (Å²) in [6, 6.07) is 18.8. The van der Waals surface area contributed by atoms with E-state index in [0.29, 0.717) is 17.9 Å². The van der Waals surface area contributed by atoms with E-state index in [9.17, 15) is 14.4 Å². The molecule has 156 valence electrons. The number of likely N-dealkylation sites (N-methyl/N-ethyl adjacent to an activating group) is 2. The monoisotopic (exact) mass is 478 g/mol. The zero-order valence-corrected chi connectivity index (χ0v) is 18.5. The van der Waals surface area contributed by atoms with Crippen LogP contribution < -0.4 is 4.74 Å². The van der Waals surface area contributed by atoms with E-state index in [1.807, 2.05) is 48.5 Å². The maximum absolute atomic E-state index is 12.6. The van der Waals surface area contributed by atoms with Crippen LogP contribution in [0.25, 0.3) is 16.8 Å². The zero-order chi connectivity index (χ0) is 22.1. The van der Waals surface area contributed by atoms with Crippen molar-refractivity contribution in [3.63, 3.8) is 0 Å². The summed E-state index contributed by atoms with van der Waals surface area (Å²) in [6.07, 6.45) is 1.47. The predicted molar refractivity (Wildman–Crippen MR) is 121 cm³/mol. The lowest BCUT2D eigenvalue weighted by Crippen LogP contribution is -2.52. The largest absolute Gasteiger partial charge is 0.488 e. The number of fused-ring (bicyclic) bond motifs is 1. The van der Waals surface area contributed by atoms with Gasteiger partial charge >= 0.3 is 6.03 Å². The highest BCUT2D eigenvalue weighted by Crippen LogP contribution is 2.29. The Kier molecular flexibility index (Phi) is 5.61. The third-order valence-corrected chi connectivity index (χ3v) is 5.67. The van der Waals surface area contributed by atoms with Crippen molar-refractivity contribution < 1.29 is 19.1 Å². The van der Waals surface area contributed by atoms with Crippen molar-refractivity contribution in [2.75, 3.05) is 14.1 Å². The number of urea groups is 1. The number of benzene rings is 3. The number of nitrogens with zero attached hydrogens (tertiary/aromatic N) is 2. The van der Waals surface area contributed by atoms with E-state index in [1.165, 1.54) is 20.2 Å². The first-order valence-electron chi connectivity index (χ1n) is 9.57. The first-order chi connectivity index (χ1) is 14.9. The Labute approximate surface area is 187 Å². The summed E-state index contributed by atoms with van der Waals surface area (Å²) in [6.45, 7) is 0.319. The van der Waals surface area contributed by atoms with Gasteiger partial charge in [-0.15, -0.1) is 0 Å². The van der Waals surface area contributed by atoms with Crippen molar-refractivity contribution in [3.05, 3.63) is 81.8 Å². The number of barbiturate groups is 1. The molecule has 1 fully saturated rings. The Morgan fingerprint density at radius 2 is 1.58 bits per heavy atom. The minimum atomic E-state index is -0.658. The van der Waals surface area contributed by atoms with Crippen LogP contribution in [0.3, 0.4) is 0 Å². The number of hydrogen-bond donors (Lipinski definition) is 0. The van der Waals surface area contributed by atoms with Crippen molar-refractivity contribution in [3.8, 4) is 5.75 Å². The Morgan fingerprint density at radius 3 is 2.32 bits per heavy atom. The second kappa shape index (κ2) is 8.35.